The minimum absolute atomic E-state index is 0.110. The summed E-state index contributed by atoms with van der Waals surface area (Å²) in [5.74, 6) is -2.77. The van der Waals surface area contributed by atoms with E-state index < -0.39 is 5.97 Å². The van der Waals surface area contributed by atoms with E-state index in [-0.39, 0.29) is 24.7 Å². The molecular formula is C23H22O5. The highest BCUT2D eigenvalue weighted by Crippen LogP contribution is 2.39. The number of hydrogen-bond donors (Lipinski definition) is 5. The number of phenols is 1. The average molecular weight is 378 g/mol. The summed E-state index contributed by atoms with van der Waals surface area (Å²) in [4.78, 5) is 0. The molecule has 2 aromatic carbocycles. The second kappa shape index (κ2) is 7.04. The minimum Gasteiger partial charge on any atom is -0.507 e. The number of aliphatic hydroxyl groups excluding tert-OH is 1. The lowest BCUT2D eigenvalue weighted by Crippen LogP contribution is -2.28. The van der Waals surface area contributed by atoms with Gasteiger partial charge in [-0.15, -0.1) is 0 Å². The van der Waals surface area contributed by atoms with Gasteiger partial charge in [0.2, 0.25) is 0 Å². The van der Waals surface area contributed by atoms with Gasteiger partial charge in [0, 0.05) is 17.9 Å². The van der Waals surface area contributed by atoms with Gasteiger partial charge in [-0.2, -0.15) is 0 Å². The molecule has 0 fully saturated rings. The zero-order chi connectivity index (χ0) is 19.9. The average Bonchev–Trinajstić information content (AvgIpc) is 3.27. The molecule has 0 aromatic heterocycles. The summed E-state index contributed by atoms with van der Waals surface area (Å²) >= 11 is 0. The number of hydrogen-bond acceptors (Lipinski definition) is 5. The van der Waals surface area contributed by atoms with E-state index in [4.69, 9.17) is 0 Å². The molecule has 0 radical (unpaired) electrons. The molecule has 0 aliphatic heterocycles. The zero-order valence-corrected chi connectivity index (χ0v) is 15.2. The van der Waals surface area contributed by atoms with Crippen molar-refractivity contribution in [3.8, 4) is 5.75 Å². The fourth-order valence-corrected chi connectivity index (χ4v) is 3.89. The first-order chi connectivity index (χ1) is 13.3. The van der Waals surface area contributed by atoms with Crippen LogP contribution in [-0.4, -0.2) is 31.5 Å². The van der Waals surface area contributed by atoms with Crippen molar-refractivity contribution in [3.63, 3.8) is 0 Å². The highest BCUT2D eigenvalue weighted by atomic mass is 16.7. The Morgan fingerprint density at radius 2 is 1.86 bits per heavy atom. The second-order valence-corrected chi connectivity index (χ2v) is 7.33. The molecule has 0 amide bonds. The monoisotopic (exact) mass is 378 g/mol. The van der Waals surface area contributed by atoms with Gasteiger partial charge in [0.05, 0.1) is 6.61 Å². The first kappa shape index (κ1) is 18.7. The standard InChI is InChI=1S/C23H22O5/c24-13-14-1-7-21(22(25)9-14)18-3-2-15(11-18)16-6-8-20-17(10-16)4-5-19(20)12-23(26,27)28/h1,3-11,19,24-28H,2,12-13H2. The number of fused-ring (bicyclic) bond motifs is 1. The van der Waals surface area contributed by atoms with Crippen molar-refractivity contribution >= 4 is 17.2 Å². The van der Waals surface area contributed by atoms with E-state index in [9.17, 15) is 25.5 Å². The third kappa shape index (κ3) is 3.66. The summed E-state index contributed by atoms with van der Waals surface area (Å²) in [6, 6.07) is 11.2. The van der Waals surface area contributed by atoms with Crippen molar-refractivity contribution in [2.45, 2.75) is 31.3 Å². The van der Waals surface area contributed by atoms with E-state index in [1.54, 1.807) is 12.1 Å². The number of aromatic hydroxyl groups is 1. The molecule has 0 saturated carbocycles. The molecule has 0 spiro atoms. The summed E-state index contributed by atoms with van der Waals surface area (Å²) in [6.07, 6.45) is 8.47. The molecule has 1 atom stereocenters. The van der Waals surface area contributed by atoms with Gasteiger partial charge in [0.25, 0.3) is 5.97 Å². The maximum absolute atomic E-state index is 10.2. The van der Waals surface area contributed by atoms with Crippen molar-refractivity contribution < 1.29 is 25.5 Å². The van der Waals surface area contributed by atoms with E-state index in [0.717, 1.165) is 39.8 Å². The van der Waals surface area contributed by atoms with Crippen molar-refractivity contribution in [1.29, 1.82) is 0 Å². The highest BCUT2D eigenvalue weighted by molar-refractivity contribution is 5.91. The Hall–Kier alpha value is -2.70. The van der Waals surface area contributed by atoms with Crippen LogP contribution in [0, 0.1) is 0 Å². The molecule has 1 unspecified atom stereocenters. The number of aliphatic hydroxyl groups is 4. The smallest absolute Gasteiger partial charge is 0.276 e. The summed E-state index contributed by atoms with van der Waals surface area (Å²) < 4.78 is 0. The highest BCUT2D eigenvalue weighted by Gasteiger charge is 2.28. The fraction of sp³-hybridized carbons (Fsp3) is 0.217. The zero-order valence-electron chi connectivity index (χ0n) is 15.2. The lowest BCUT2D eigenvalue weighted by Gasteiger charge is -2.19. The van der Waals surface area contributed by atoms with Crippen LogP contribution < -0.4 is 0 Å². The van der Waals surface area contributed by atoms with Crippen LogP contribution in [0.25, 0.3) is 17.2 Å². The molecule has 144 valence electrons. The number of allylic oxidation sites excluding steroid dienone is 5. The Labute approximate surface area is 162 Å². The van der Waals surface area contributed by atoms with Crippen LogP contribution in [0.3, 0.4) is 0 Å². The van der Waals surface area contributed by atoms with E-state index >= 15 is 0 Å². The SMILES string of the molecule is OCc1ccc(C2=CCC(c3ccc4c(c3)C=CC4CC(O)(O)O)=C2)c(O)c1. The summed E-state index contributed by atoms with van der Waals surface area (Å²) in [6.45, 7) is -0.110. The van der Waals surface area contributed by atoms with Crippen LogP contribution in [0.2, 0.25) is 0 Å². The van der Waals surface area contributed by atoms with Gasteiger partial charge in [-0.05, 0) is 52.0 Å². The van der Waals surface area contributed by atoms with Crippen LogP contribution in [0.4, 0.5) is 0 Å². The molecule has 5 heteroatoms. The van der Waals surface area contributed by atoms with E-state index in [1.807, 2.05) is 36.4 Å². The molecule has 0 bridgehead atoms. The maximum atomic E-state index is 10.2. The van der Waals surface area contributed by atoms with Gasteiger partial charge in [-0.3, -0.25) is 0 Å². The molecule has 4 rings (SSSR count). The van der Waals surface area contributed by atoms with Crippen molar-refractivity contribution in [2.75, 3.05) is 0 Å². The Kier molecular flexibility index (Phi) is 4.69. The van der Waals surface area contributed by atoms with Crippen LogP contribution in [0.5, 0.6) is 5.75 Å². The fourth-order valence-electron chi connectivity index (χ4n) is 3.89. The largest absolute Gasteiger partial charge is 0.507 e. The molecule has 2 aliphatic carbocycles. The lowest BCUT2D eigenvalue weighted by molar-refractivity contribution is -0.315. The van der Waals surface area contributed by atoms with Gasteiger partial charge < -0.3 is 25.5 Å². The predicted molar refractivity (Wildman–Crippen MR) is 107 cm³/mol. The normalized spacial score (nSPS) is 18.2. The number of benzene rings is 2. The van der Waals surface area contributed by atoms with Gasteiger partial charge in [-0.25, -0.2) is 0 Å². The Morgan fingerprint density at radius 3 is 2.57 bits per heavy atom. The first-order valence-corrected chi connectivity index (χ1v) is 9.17. The van der Waals surface area contributed by atoms with E-state index in [2.05, 4.69) is 12.1 Å². The number of phenolic OH excluding ortho intramolecular Hbond substituents is 1. The van der Waals surface area contributed by atoms with Gasteiger partial charge in [0.1, 0.15) is 5.75 Å². The van der Waals surface area contributed by atoms with Crippen LogP contribution in [-0.2, 0) is 6.61 Å². The molecule has 0 saturated heterocycles. The first-order valence-electron chi connectivity index (χ1n) is 9.17. The molecule has 2 aromatic rings. The minimum atomic E-state index is -2.68. The molecule has 5 N–H and O–H groups in total. The third-order valence-corrected chi connectivity index (χ3v) is 5.29. The van der Waals surface area contributed by atoms with Crippen molar-refractivity contribution in [1.82, 2.24) is 0 Å². The van der Waals surface area contributed by atoms with Crippen molar-refractivity contribution in [2.24, 2.45) is 0 Å². The van der Waals surface area contributed by atoms with Crippen molar-refractivity contribution in [3.05, 3.63) is 82.4 Å². The number of rotatable bonds is 5. The Morgan fingerprint density at radius 1 is 1.04 bits per heavy atom. The lowest BCUT2D eigenvalue weighted by atomic mass is 9.93. The van der Waals surface area contributed by atoms with E-state index in [0.29, 0.717) is 5.56 Å². The molecular weight excluding hydrogens is 356 g/mol. The molecule has 0 heterocycles. The third-order valence-electron chi connectivity index (χ3n) is 5.29. The van der Waals surface area contributed by atoms with Crippen LogP contribution >= 0.6 is 0 Å². The summed E-state index contributed by atoms with van der Waals surface area (Å²) in [5.41, 5.74) is 6.48. The topological polar surface area (TPSA) is 101 Å². The summed E-state index contributed by atoms with van der Waals surface area (Å²) in [7, 11) is 0. The van der Waals surface area contributed by atoms with Crippen LogP contribution in [0.15, 0.2) is 54.6 Å². The van der Waals surface area contributed by atoms with E-state index in [1.165, 1.54) is 0 Å². The second-order valence-electron chi connectivity index (χ2n) is 7.33. The Bertz CT molecular complexity index is 1010. The molecule has 28 heavy (non-hydrogen) atoms. The quantitative estimate of drug-likeness (QED) is 0.515. The van der Waals surface area contributed by atoms with Crippen LogP contribution in [0.1, 0.15) is 46.6 Å². The maximum Gasteiger partial charge on any atom is 0.276 e. The summed E-state index contributed by atoms with van der Waals surface area (Å²) in [5, 5.41) is 47.2. The molecule has 2 aliphatic rings. The van der Waals surface area contributed by atoms with Gasteiger partial charge in [0.15, 0.2) is 0 Å². The molecule has 5 nitrogen and oxygen atoms in total. The van der Waals surface area contributed by atoms with Gasteiger partial charge >= 0.3 is 0 Å². The predicted octanol–water partition coefficient (Wildman–Crippen LogP) is 2.89. The Balaban J connectivity index is 1.57. The van der Waals surface area contributed by atoms with Gasteiger partial charge in [-0.1, -0.05) is 48.6 Å².